The minimum absolute atomic E-state index is 0. The quantitative estimate of drug-likeness (QED) is 0.661. The lowest BCUT2D eigenvalue weighted by molar-refractivity contribution is -0.385. The molecule has 2 rings (SSSR count). The van der Waals surface area contributed by atoms with Crippen LogP contribution in [0.4, 0.5) is 5.69 Å². The minimum Gasteiger partial charge on any atom is -0.312 e. The van der Waals surface area contributed by atoms with E-state index in [-0.39, 0.29) is 29.0 Å². The van der Waals surface area contributed by atoms with Crippen molar-refractivity contribution in [3.05, 3.63) is 33.4 Å². The molecule has 0 amide bonds. The van der Waals surface area contributed by atoms with Crippen LogP contribution in [0.1, 0.15) is 18.1 Å². The molecule has 0 saturated carbocycles. The fourth-order valence-electron chi connectivity index (χ4n) is 2.44. The normalized spacial score (nSPS) is 19.5. The lowest BCUT2D eigenvalue weighted by atomic mass is 10.1. The van der Waals surface area contributed by atoms with Gasteiger partial charge >= 0.3 is 0 Å². The Morgan fingerprint density at radius 3 is 2.55 bits per heavy atom. The summed E-state index contributed by atoms with van der Waals surface area (Å²) in [4.78, 5) is 10.4. The number of aryl methyl sites for hydroxylation is 1. The number of halogens is 1. The summed E-state index contributed by atoms with van der Waals surface area (Å²) in [5.41, 5.74) is 0.970. The lowest BCUT2D eigenvalue weighted by Gasteiger charge is -2.31. The molecule has 1 N–H and O–H groups in total. The Balaban J connectivity index is 0.00000242. The molecule has 1 atom stereocenters. The maximum Gasteiger partial charge on any atom is 0.271 e. The highest BCUT2D eigenvalue weighted by atomic mass is 35.5. The van der Waals surface area contributed by atoms with Crippen LogP contribution in [0.2, 0.25) is 0 Å². The number of nitro groups is 1. The minimum atomic E-state index is -3.72. The van der Waals surface area contributed by atoms with Crippen LogP contribution in [0.15, 0.2) is 17.0 Å². The molecule has 0 radical (unpaired) electrons. The third-order valence-corrected chi connectivity index (χ3v) is 5.76. The van der Waals surface area contributed by atoms with E-state index in [1.165, 1.54) is 10.4 Å². The van der Waals surface area contributed by atoms with Crippen molar-refractivity contribution in [1.82, 2.24) is 9.62 Å². The van der Waals surface area contributed by atoms with E-state index < -0.39 is 14.9 Å². The molecule has 124 valence electrons. The molecular weight excluding hydrogens is 330 g/mol. The van der Waals surface area contributed by atoms with E-state index >= 15 is 0 Å². The molecule has 1 aliphatic rings. The Morgan fingerprint density at radius 1 is 1.36 bits per heavy atom. The van der Waals surface area contributed by atoms with Gasteiger partial charge in [-0.2, -0.15) is 4.31 Å². The Hall–Kier alpha value is -1.22. The predicted octanol–water partition coefficient (Wildman–Crippen LogP) is 1.62. The van der Waals surface area contributed by atoms with Gasteiger partial charge in [-0.1, -0.05) is 0 Å². The second kappa shape index (κ2) is 6.91. The number of hydrogen-bond donors (Lipinski definition) is 1. The number of nitrogens with one attached hydrogen (secondary N) is 1. The molecule has 1 aromatic rings. The molecule has 7 nitrogen and oxygen atoms in total. The first-order valence-corrected chi connectivity index (χ1v) is 8.16. The molecule has 1 saturated heterocycles. The SMILES string of the molecule is Cc1cc([N+](=O)[O-])cc(S(=O)(=O)N2CCNC(C)C2)c1C.Cl. The standard InChI is InChI=1S/C13H19N3O4S.ClH/c1-9-6-12(16(17)18)7-13(11(9)3)21(19,20)15-5-4-14-10(2)8-15;/h6-7,10,14H,4-5,8H2,1-3H3;1H. The molecule has 1 unspecified atom stereocenters. The molecule has 1 fully saturated rings. The number of nitrogens with zero attached hydrogens (tertiary/aromatic N) is 2. The highest BCUT2D eigenvalue weighted by molar-refractivity contribution is 7.89. The Labute approximate surface area is 136 Å². The van der Waals surface area contributed by atoms with Crippen LogP contribution < -0.4 is 5.32 Å². The van der Waals surface area contributed by atoms with Crippen molar-refractivity contribution in [2.75, 3.05) is 19.6 Å². The number of nitro benzene ring substituents is 1. The van der Waals surface area contributed by atoms with Crippen LogP contribution in [0.5, 0.6) is 0 Å². The largest absolute Gasteiger partial charge is 0.312 e. The van der Waals surface area contributed by atoms with Crippen molar-refractivity contribution in [3.63, 3.8) is 0 Å². The van der Waals surface area contributed by atoms with Crippen LogP contribution in [-0.4, -0.2) is 43.3 Å². The van der Waals surface area contributed by atoms with Crippen LogP contribution in [0, 0.1) is 24.0 Å². The molecule has 9 heteroatoms. The van der Waals surface area contributed by atoms with E-state index in [1.807, 2.05) is 6.92 Å². The van der Waals surface area contributed by atoms with Gasteiger partial charge < -0.3 is 5.32 Å². The molecular formula is C13H20ClN3O4S. The van der Waals surface area contributed by atoms with Crippen LogP contribution in [0.3, 0.4) is 0 Å². The van der Waals surface area contributed by atoms with Gasteiger partial charge in [0.05, 0.1) is 9.82 Å². The fraction of sp³-hybridized carbons (Fsp3) is 0.538. The molecule has 22 heavy (non-hydrogen) atoms. The lowest BCUT2D eigenvalue weighted by Crippen LogP contribution is -2.51. The van der Waals surface area contributed by atoms with E-state index in [1.54, 1.807) is 13.8 Å². The van der Waals surface area contributed by atoms with Gasteiger partial charge in [0.15, 0.2) is 0 Å². The van der Waals surface area contributed by atoms with Crippen LogP contribution >= 0.6 is 12.4 Å². The van der Waals surface area contributed by atoms with Crippen molar-refractivity contribution < 1.29 is 13.3 Å². The summed E-state index contributed by atoms with van der Waals surface area (Å²) >= 11 is 0. The van der Waals surface area contributed by atoms with E-state index in [9.17, 15) is 18.5 Å². The third-order valence-electron chi connectivity index (χ3n) is 3.76. The monoisotopic (exact) mass is 349 g/mol. The van der Waals surface area contributed by atoms with E-state index in [4.69, 9.17) is 0 Å². The topological polar surface area (TPSA) is 92.5 Å². The number of piperazine rings is 1. The average Bonchev–Trinajstić information content (AvgIpc) is 2.41. The van der Waals surface area contributed by atoms with Crippen LogP contribution in [-0.2, 0) is 10.0 Å². The fourth-order valence-corrected chi connectivity index (χ4v) is 4.28. The molecule has 1 aliphatic heterocycles. The smallest absolute Gasteiger partial charge is 0.271 e. The summed E-state index contributed by atoms with van der Waals surface area (Å²) in [5, 5.41) is 14.1. The molecule has 0 aliphatic carbocycles. The number of non-ortho nitro benzene ring substituents is 1. The third kappa shape index (κ3) is 3.57. The summed E-state index contributed by atoms with van der Waals surface area (Å²) in [6.07, 6.45) is 0. The maximum atomic E-state index is 12.8. The van der Waals surface area contributed by atoms with Crippen molar-refractivity contribution in [3.8, 4) is 0 Å². The zero-order chi connectivity index (χ0) is 15.8. The zero-order valence-electron chi connectivity index (χ0n) is 12.7. The summed E-state index contributed by atoms with van der Waals surface area (Å²) in [6.45, 7) is 6.58. The summed E-state index contributed by atoms with van der Waals surface area (Å²) in [7, 11) is -3.72. The average molecular weight is 350 g/mol. The number of hydrogen-bond acceptors (Lipinski definition) is 5. The van der Waals surface area contributed by atoms with E-state index in [0.717, 1.165) is 6.07 Å². The van der Waals surface area contributed by atoms with Gasteiger partial charge in [0.25, 0.3) is 5.69 Å². The maximum absolute atomic E-state index is 12.8. The highest BCUT2D eigenvalue weighted by Crippen LogP contribution is 2.28. The van der Waals surface area contributed by atoms with Gasteiger partial charge in [0.2, 0.25) is 10.0 Å². The van der Waals surface area contributed by atoms with E-state index in [2.05, 4.69) is 5.32 Å². The van der Waals surface area contributed by atoms with Gasteiger partial charge in [-0.25, -0.2) is 8.42 Å². The predicted molar refractivity (Wildman–Crippen MR) is 86.0 cm³/mol. The Morgan fingerprint density at radius 2 is 2.00 bits per heavy atom. The molecule has 1 aromatic carbocycles. The van der Waals surface area contributed by atoms with Gasteiger partial charge in [0.1, 0.15) is 0 Å². The Bertz CT molecular complexity index is 678. The first kappa shape index (κ1) is 18.8. The van der Waals surface area contributed by atoms with Crippen molar-refractivity contribution >= 4 is 28.1 Å². The summed E-state index contributed by atoms with van der Waals surface area (Å²) in [5.74, 6) is 0. The van der Waals surface area contributed by atoms with Crippen molar-refractivity contribution in [1.29, 1.82) is 0 Å². The van der Waals surface area contributed by atoms with Crippen LogP contribution in [0.25, 0.3) is 0 Å². The number of rotatable bonds is 3. The highest BCUT2D eigenvalue weighted by Gasteiger charge is 2.31. The summed E-state index contributed by atoms with van der Waals surface area (Å²) in [6, 6.07) is 2.62. The van der Waals surface area contributed by atoms with Gasteiger partial charge in [-0.15, -0.1) is 12.4 Å². The van der Waals surface area contributed by atoms with Crippen molar-refractivity contribution in [2.45, 2.75) is 31.7 Å². The second-order valence-corrected chi connectivity index (χ2v) is 7.27. The first-order chi connectivity index (χ1) is 9.73. The van der Waals surface area contributed by atoms with Gasteiger partial charge in [0, 0.05) is 37.8 Å². The second-order valence-electron chi connectivity index (χ2n) is 5.36. The first-order valence-electron chi connectivity index (χ1n) is 6.72. The van der Waals surface area contributed by atoms with Gasteiger partial charge in [-0.05, 0) is 31.9 Å². The molecule has 1 heterocycles. The molecule has 0 bridgehead atoms. The van der Waals surface area contributed by atoms with E-state index in [0.29, 0.717) is 30.8 Å². The van der Waals surface area contributed by atoms with Gasteiger partial charge in [-0.3, -0.25) is 10.1 Å². The number of sulfonamides is 1. The Kier molecular flexibility index (Phi) is 5.91. The molecule has 0 aromatic heterocycles. The van der Waals surface area contributed by atoms with Crippen molar-refractivity contribution in [2.24, 2.45) is 0 Å². The molecule has 0 spiro atoms. The number of benzene rings is 1. The zero-order valence-corrected chi connectivity index (χ0v) is 14.3. The summed E-state index contributed by atoms with van der Waals surface area (Å²) < 4.78 is 26.9.